The van der Waals surface area contributed by atoms with Crippen molar-refractivity contribution in [1.29, 1.82) is 0 Å². The van der Waals surface area contributed by atoms with Crippen LogP contribution in [0.1, 0.15) is 34.4 Å². The van der Waals surface area contributed by atoms with Crippen LogP contribution < -0.4 is 5.32 Å². The van der Waals surface area contributed by atoms with E-state index in [4.69, 9.17) is 4.42 Å². The Morgan fingerprint density at radius 2 is 1.90 bits per heavy atom. The smallest absolute Gasteiger partial charge is 0.220 e. The van der Waals surface area contributed by atoms with Crippen molar-refractivity contribution in [3.8, 4) is 0 Å². The summed E-state index contributed by atoms with van der Waals surface area (Å²) in [7, 11) is 0. The van der Waals surface area contributed by atoms with Crippen LogP contribution in [0, 0.1) is 20.8 Å². The third kappa shape index (κ3) is 3.73. The molecule has 1 aromatic heterocycles. The van der Waals surface area contributed by atoms with E-state index in [0.29, 0.717) is 13.0 Å². The summed E-state index contributed by atoms with van der Waals surface area (Å²) in [5.74, 6) is 0.835. The molecule has 20 heavy (non-hydrogen) atoms. The van der Waals surface area contributed by atoms with Crippen LogP contribution in [-0.2, 0) is 17.8 Å². The standard InChI is InChI=1S/C17H21NO2/c1-12-9-13(2)16(14(3)10-12)6-7-17(19)18-11-15-5-4-8-20-15/h4-5,8-10H,6-7,11H2,1-3H3,(H,18,19). The molecule has 1 N–H and O–H groups in total. The minimum atomic E-state index is 0.0563. The number of hydrogen-bond acceptors (Lipinski definition) is 2. The third-order valence-corrected chi connectivity index (χ3v) is 3.48. The molecule has 0 spiro atoms. The average Bonchev–Trinajstić information content (AvgIpc) is 2.88. The van der Waals surface area contributed by atoms with Gasteiger partial charge < -0.3 is 9.73 Å². The van der Waals surface area contributed by atoms with Gasteiger partial charge in [-0.05, 0) is 56.0 Å². The molecule has 106 valence electrons. The van der Waals surface area contributed by atoms with Crippen molar-refractivity contribution in [3.05, 3.63) is 58.5 Å². The highest BCUT2D eigenvalue weighted by molar-refractivity contribution is 5.76. The number of carbonyl (C=O) groups is 1. The largest absolute Gasteiger partial charge is 0.467 e. The average molecular weight is 271 g/mol. The van der Waals surface area contributed by atoms with Crippen LogP contribution >= 0.6 is 0 Å². The lowest BCUT2D eigenvalue weighted by Gasteiger charge is -2.11. The SMILES string of the molecule is Cc1cc(C)c(CCC(=O)NCc2ccco2)c(C)c1. The third-order valence-electron chi connectivity index (χ3n) is 3.48. The van der Waals surface area contributed by atoms with Crippen molar-refractivity contribution in [1.82, 2.24) is 5.32 Å². The first-order valence-corrected chi connectivity index (χ1v) is 6.92. The summed E-state index contributed by atoms with van der Waals surface area (Å²) in [4.78, 5) is 11.8. The van der Waals surface area contributed by atoms with E-state index in [1.165, 1.54) is 22.3 Å². The van der Waals surface area contributed by atoms with Gasteiger partial charge in [-0.25, -0.2) is 0 Å². The van der Waals surface area contributed by atoms with E-state index >= 15 is 0 Å². The molecule has 0 radical (unpaired) electrons. The van der Waals surface area contributed by atoms with Gasteiger partial charge in [-0.3, -0.25) is 4.79 Å². The monoisotopic (exact) mass is 271 g/mol. The highest BCUT2D eigenvalue weighted by Gasteiger charge is 2.08. The predicted octanol–water partition coefficient (Wildman–Crippen LogP) is 3.45. The summed E-state index contributed by atoms with van der Waals surface area (Å²) in [6.45, 7) is 6.77. The van der Waals surface area contributed by atoms with Gasteiger partial charge in [-0.1, -0.05) is 17.7 Å². The van der Waals surface area contributed by atoms with Crippen LogP contribution in [0.25, 0.3) is 0 Å². The fraction of sp³-hybridized carbons (Fsp3) is 0.353. The van der Waals surface area contributed by atoms with Gasteiger partial charge in [0, 0.05) is 6.42 Å². The number of benzene rings is 1. The van der Waals surface area contributed by atoms with Crippen LogP contribution in [0.15, 0.2) is 34.9 Å². The van der Waals surface area contributed by atoms with E-state index in [2.05, 4.69) is 38.2 Å². The number of amides is 1. The van der Waals surface area contributed by atoms with E-state index in [9.17, 15) is 4.79 Å². The van der Waals surface area contributed by atoms with Gasteiger partial charge in [0.15, 0.2) is 0 Å². The van der Waals surface area contributed by atoms with E-state index < -0.39 is 0 Å². The van der Waals surface area contributed by atoms with Gasteiger partial charge >= 0.3 is 0 Å². The highest BCUT2D eigenvalue weighted by Crippen LogP contribution is 2.18. The van der Waals surface area contributed by atoms with Crippen LogP contribution in [-0.4, -0.2) is 5.91 Å². The number of hydrogen-bond donors (Lipinski definition) is 1. The molecule has 0 bridgehead atoms. The van der Waals surface area contributed by atoms with Crippen molar-refractivity contribution in [2.45, 2.75) is 40.2 Å². The second-order valence-electron chi connectivity index (χ2n) is 5.23. The lowest BCUT2D eigenvalue weighted by molar-refractivity contribution is -0.121. The van der Waals surface area contributed by atoms with Crippen molar-refractivity contribution >= 4 is 5.91 Å². The molecule has 0 saturated carbocycles. The maximum Gasteiger partial charge on any atom is 0.220 e. The van der Waals surface area contributed by atoms with Gasteiger partial charge in [0.05, 0.1) is 12.8 Å². The van der Waals surface area contributed by atoms with E-state index in [0.717, 1.165) is 12.2 Å². The zero-order chi connectivity index (χ0) is 14.5. The Hall–Kier alpha value is -2.03. The van der Waals surface area contributed by atoms with E-state index in [1.807, 2.05) is 12.1 Å². The molecule has 0 unspecified atom stereocenters. The summed E-state index contributed by atoms with van der Waals surface area (Å²) >= 11 is 0. The number of furan rings is 1. The van der Waals surface area contributed by atoms with Gasteiger partial charge in [-0.2, -0.15) is 0 Å². The molecule has 1 heterocycles. The molecule has 2 aromatic rings. The molecule has 3 nitrogen and oxygen atoms in total. The lowest BCUT2D eigenvalue weighted by atomic mass is 9.96. The first-order chi connectivity index (χ1) is 9.56. The first kappa shape index (κ1) is 14.4. The molecule has 1 amide bonds. The number of nitrogens with one attached hydrogen (secondary N) is 1. The molecule has 0 fully saturated rings. The maximum absolute atomic E-state index is 11.8. The molecular weight excluding hydrogens is 250 g/mol. The summed E-state index contributed by atoms with van der Waals surface area (Å²) in [5, 5.41) is 2.87. The van der Waals surface area contributed by atoms with Crippen molar-refractivity contribution < 1.29 is 9.21 Å². The molecule has 0 atom stereocenters. The second-order valence-corrected chi connectivity index (χ2v) is 5.23. The highest BCUT2D eigenvalue weighted by atomic mass is 16.3. The summed E-state index contributed by atoms with van der Waals surface area (Å²) < 4.78 is 5.18. The Morgan fingerprint density at radius 1 is 1.20 bits per heavy atom. The summed E-state index contributed by atoms with van der Waals surface area (Å²) in [6.07, 6.45) is 2.90. The minimum absolute atomic E-state index is 0.0563. The van der Waals surface area contributed by atoms with Crippen LogP contribution in [0.4, 0.5) is 0 Å². The number of carbonyl (C=O) groups excluding carboxylic acids is 1. The fourth-order valence-electron chi connectivity index (χ4n) is 2.53. The van der Waals surface area contributed by atoms with Crippen LogP contribution in [0.5, 0.6) is 0 Å². The Bertz CT molecular complexity index is 562. The van der Waals surface area contributed by atoms with E-state index in [1.54, 1.807) is 6.26 Å². The second kappa shape index (κ2) is 6.42. The van der Waals surface area contributed by atoms with E-state index in [-0.39, 0.29) is 5.91 Å². The molecule has 3 heteroatoms. The summed E-state index contributed by atoms with van der Waals surface area (Å²) in [5.41, 5.74) is 5.08. The molecule has 0 aliphatic carbocycles. The molecule has 0 aliphatic heterocycles. The van der Waals surface area contributed by atoms with Crippen molar-refractivity contribution in [2.75, 3.05) is 0 Å². The Morgan fingerprint density at radius 3 is 2.50 bits per heavy atom. The maximum atomic E-state index is 11.8. The van der Waals surface area contributed by atoms with Gasteiger partial charge in [-0.15, -0.1) is 0 Å². The van der Waals surface area contributed by atoms with Crippen LogP contribution in [0.2, 0.25) is 0 Å². The van der Waals surface area contributed by atoms with Crippen LogP contribution in [0.3, 0.4) is 0 Å². The predicted molar refractivity (Wildman–Crippen MR) is 79.5 cm³/mol. The summed E-state index contributed by atoms with van der Waals surface area (Å²) in [6, 6.07) is 8.02. The zero-order valence-corrected chi connectivity index (χ0v) is 12.3. The topological polar surface area (TPSA) is 42.2 Å². The molecule has 2 rings (SSSR count). The Labute approximate surface area is 120 Å². The minimum Gasteiger partial charge on any atom is -0.467 e. The zero-order valence-electron chi connectivity index (χ0n) is 12.3. The van der Waals surface area contributed by atoms with Gasteiger partial charge in [0.25, 0.3) is 0 Å². The first-order valence-electron chi connectivity index (χ1n) is 6.92. The normalized spacial score (nSPS) is 10.6. The van der Waals surface area contributed by atoms with Gasteiger partial charge in [0.2, 0.25) is 5.91 Å². The number of rotatable bonds is 5. The molecule has 0 aliphatic rings. The molecular formula is C17H21NO2. The Balaban J connectivity index is 1.87. The lowest BCUT2D eigenvalue weighted by Crippen LogP contribution is -2.23. The van der Waals surface area contributed by atoms with Gasteiger partial charge in [0.1, 0.15) is 5.76 Å². The molecule has 0 saturated heterocycles. The van der Waals surface area contributed by atoms with Crippen molar-refractivity contribution in [2.24, 2.45) is 0 Å². The quantitative estimate of drug-likeness (QED) is 0.905. The van der Waals surface area contributed by atoms with Crippen molar-refractivity contribution in [3.63, 3.8) is 0 Å². The fourth-order valence-corrected chi connectivity index (χ4v) is 2.53. The Kier molecular flexibility index (Phi) is 4.61. The molecule has 1 aromatic carbocycles. The number of aryl methyl sites for hydroxylation is 3.